The van der Waals surface area contributed by atoms with E-state index in [0.29, 0.717) is 17.2 Å². The topological polar surface area (TPSA) is 119 Å². The quantitative estimate of drug-likeness (QED) is 0.226. The van der Waals surface area contributed by atoms with Crippen LogP contribution in [0.1, 0.15) is 27.5 Å². The van der Waals surface area contributed by atoms with Crippen LogP contribution < -0.4 is 14.4 Å². The average molecular weight is 509 g/mol. The second-order valence-corrected chi connectivity index (χ2v) is 9.55. The van der Waals surface area contributed by atoms with E-state index >= 15 is 0 Å². The molecule has 2 fully saturated rings. The van der Waals surface area contributed by atoms with Gasteiger partial charge in [-0.1, -0.05) is 24.3 Å². The Hall–Kier alpha value is -4.99. The van der Waals surface area contributed by atoms with Crippen LogP contribution in [0.2, 0.25) is 0 Å². The van der Waals surface area contributed by atoms with Crippen LogP contribution in [0.5, 0.6) is 11.5 Å². The zero-order valence-electron chi connectivity index (χ0n) is 19.7. The van der Waals surface area contributed by atoms with E-state index in [1.165, 1.54) is 24.3 Å². The molecule has 2 saturated heterocycles. The maximum Gasteiger partial charge on any atom is 0.269 e. The lowest BCUT2D eigenvalue weighted by molar-refractivity contribution is -0.384. The van der Waals surface area contributed by atoms with Gasteiger partial charge in [0.25, 0.3) is 5.69 Å². The fourth-order valence-corrected chi connectivity index (χ4v) is 6.05. The summed E-state index contributed by atoms with van der Waals surface area (Å²) in [6, 6.07) is 16.3. The monoisotopic (exact) mass is 509 g/mol. The zero-order valence-corrected chi connectivity index (χ0v) is 19.7. The number of nitro groups is 1. The average Bonchev–Trinajstić information content (AvgIpc) is 3.61. The summed E-state index contributed by atoms with van der Waals surface area (Å²) in [6.07, 6.45) is 3.64. The van der Waals surface area contributed by atoms with E-state index in [1.54, 1.807) is 29.3 Å². The van der Waals surface area contributed by atoms with E-state index in [-0.39, 0.29) is 23.8 Å². The van der Waals surface area contributed by atoms with Crippen molar-refractivity contribution in [2.24, 2.45) is 11.8 Å². The first-order valence-electron chi connectivity index (χ1n) is 12.0. The molecule has 0 bridgehead atoms. The van der Waals surface area contributed by atoms with Crippen molar-refractivity contribution < 1.29 is 28.8 Å². The summed E-state index contributed by atoms with van der Waals surface area (Å²) in [5, 5.41) is 11.1. The first kappa shape index (κ1) is 22.2. The molecule has 4 aliphatic rings. The first-order valence-corrected chi connectivity index (χ1v) is 12.0. The van der Waals surface area contributed by atoms with E-state index in [0.717, 1.165) is 16.0 Å². The number of anilines is 1. The van der Waals surface area contributed by atoms with Crippen LogP contribution in [-0.2, 0) is 9.59 Å². The lowest BCUT2D eigenvalue weighted by Gasteiger charge is -2.35. The summed E-state index contributed by atoms with van der Waals surface area (Å²) in [5.74, 6) is -2.03. The van der Waals surface area contributed by atoms with Gasteiger partial charge in [0.2, 0.25) is 18.6 Å². The number of carbonyl (C=O) groups excluding carboxylic acids is 3. The van der Waals surface area contributed by atoms with Crippen molar-refractivity contribution in [1.82, 2.24) is 4.90 Å². The first-order chi connectivity index (χ1) is 18.4. The molecule has 0 unspecified atom stereocenters. The number of imide groups is 1. The molecule has 10 nitrogen and oxygen atoms in total. The van der Waals surface area contributed by atoms with Crippen LogP contribution in [0, 0.1) is 22.0 Å². The van der Waals surface area contributed by atoms with E-state index in [4.69, 9.17) is 9.47 Å². The summed E-state index contributed by atoms with van der Waals surface area (Å²) >= 11 is 0. The normalized spacial score (nSPS) is 24.3. The Labute approximate surface area is 215 Å². The van der Waals surface area contributed by atoms with Gasteiger partial charge >= 0.3 is 0 Å². The van der Waals surface area contributed by atoms with Gasteiger partial charge in [0.05, 0.1) is 28.5 Å². The fourth-order valence-electron chi connectivity index (χ4n) is 6.05. The summed E-state index contributed by atoms with van der Waals surface area (Å²) in [7, 11) is 0. The predicted molar refractivity (Wildman–Crippen MR) is 133 cm³/mol. The molecule has 0 spiro atoms. The number of Topliss-reactive ketones (excluding diaryl/α,β-unsaturated/α-hetero) is 1. The van der Waals surface area contributed by atoms with Gasteiger partial charge in [-0.25, -0.2) is 4.90 Å². The molecular formula is C28H19N3O7. The predicted octanol–water partition coefficient (Wildman–Crippen LogP) is 3.72. The Bertz CT molecular complexity index is 1580. The Kier molecular flexibility index (Phi) is 4.68. The highest BCUT2D eigenvalue weighted by Gasteiger charge is 2.64. The van der Waals surface area contributed by atoms with E-state index in [2.05, 4.69) is 0 Å². The van der Waals surface area contributed by atoms with Crippen molar-refractivity contribution in [3.05, 3.63) is 99.7 Å². The Morgan fingerprint density at radius 1 is 0.921 bits per heavy atom. The van der Waals surface area contributed by atoms with Crippen LogP contribution >= 0.6 is 0 Å². The molecule has 0 aliphatic carbocycles. The number of ketones is 1. The number of amides is 2. The number of hydrogen-bond donors (Lipinski definition) is 0. The van der Waals surface area contributed by atoms with Crippen molar-refractivity contribution in [3.8, 4) is 11.5 Å². The van der Waals surface area contributed by atoms with Crippen molar-refractivity contribution in [1.29, 1.82) is 0 Å². The highest BCUT2D eigenvalue weighted by molar-refractivity contribution is 6.24. The molecule has 3 aromatic rings. The molecule has 38 heavy (non-hydrogen) atoms. The van der Waals surface area contributed by atoms with Crippen LogP contribution in [0.15, 0.2) is 72.9 Å². The van der Waals surface area contributed by atoms with Gasteiger partial charge < -0.3 is 14.4 Å². The summed E-state index contributed by atoms with van der Waals surface area (Å²) in [5.41, 5.74) is 2.22. The Morgan fingerprint density at radius 2 is 1.66 bits per heavy atom. The lowest BCUT2D eigenvalue weighted by Crippen LogP contribution is -2.44. The molecule has 4 heterocycles. The number of benzene rings is 3. The molecule has 0 N–H and O–H groups in total. The third-order valence-electron chi connectivity index (χ3n) is 7.71. The zero-order chi connectivity index (χ0) is 26.1. The van der Waals surface area contributed by atoms with Gasteiger partial charge in [0.1, 0.15) is 6.04 Å². The maximum absolute atomic E-state index is 14.0. The highest BCUT2D eigenvalue weighted by atomic mass is 16.7. The van der Waals surface area contributed by atoms with Crippen molar-refractivity contribution in [3.63, 3.8) is 0 Å². The van der Waals surface area contributed by atoms with Gasteiger partial charge in [-0.15, -0.1) is 0 Å². The molecule has 2 amide bonds. The Balaban J connectivity index is 1.34. The van der Waals surface area contributed by atoms with Crippen molar-refractivity contribution >= 4 is 35.0 Å². The Morgan fingerprint density at radius 3 is 2.45 bits per heavy atom. The number of non-ortho nitro benzene ring substituents is 1. The highest BCUT2D eigenvalue weighted by Crippen LogP contribution is 2.54. The number of fused-ring (bicyclic) bond motifs is 6. The van der Waals surface area contributed by atoms with Crippen LogP contribution in [0.25, 0.3) is 6.08 Å². The van der Waals surface area contributed by atoms with E-state index < -0.39 is 40.7 Å². The summed E-state index contributed by atoms with van der Waals surface area (Å²) in [6.45, 7) is 0.0535. The van der Waals surface area contributed by atoms with Gasteiger partial charge in [-0.3, -0.25) is 24.5 Å². The van der Waals surface area contributed by atoms with Crippen LogP contribution in [0.3, 0.4) is 0 Å². The smallest absolute Gasteiger partial charge is 0.269 e. The van der Waals surface area contributed by atoms with Crippen molar-refractivity contribution in [2.45, 2.75) is 12.1 Å². The van der Waals surface area contributed by atoms with Crippen molar-refractivity contribution in [2.75, 3.05) is 11.7 Å². The molecule has 3 aromatic carbocycles. The minimum Gasteiger partial charge on any atom is -0.454 e. The SMILES string of the molecule is O=C(c1ccc([N+](=O)[O-])cc1)[C@@H]1[C@@H]2C(=O)N(c3ccc4c(c3)OCO4)C(=O)[C@@H]2[C@@H]2c3ccccc3C=CN12. The van der Waals surface area contributed by atoms with Crippen LogP contribution in [-0.4, -0.2) is 40.3 Å². The molecule has 4 atom stereocenters. The van der Waals surface area contributed by atoms with E-state index in [9.17, 15) is 24.5 Å². The summed E-state index contributed by atoms with van der Waals surface area (Å²) in [4.78, 5) is 55.4. The standard InChI is InChI=1S/C28H19N3O7/c32-26(16-5-7-17(8-6-16)31(35)36)25-23-22(24-19-4-2-1-3-15(19)11-12-29(24)25)27(33)30(28(23)34)18-9-10-20-21(13-18)38-14-37-20/h1-13,22-25H,14H2/t22-,23+,24-,25-/m0/s1. The molecule has 7 rings (SSSR count). The van der Waals surface area contributed by atoms with Gasteiger partial charge in [0, 0.05) is 30.0 Å². The summed E-state index contributed by atoms with van der Waals surface area (Å²) < 4.78 is 10.8. The number of carbonyl (C=O) groups is 3. The second-order valence-electron chi connectivity index (χ2n) is 9.55. The molecule has 188 valence electrons. The molecule has 0 saturated carbocycles. The largest absolute Gasteiger partial charge is 0.454 e. The molecule has 4 aliphatic heterocycles. The number of rotatable bonds is 4. The van der Waals surface area contributed by atoms with Gasteiger partial charge in [-0.05, 0) is 41.5 Å². The number of nitro benzene ring substituents is 1. The second kappa shape index (κ2) is 8.01. The van der Waals surface area contributed by atoms with Gasteiger partial charge in [0.15, 0.2) is 17.3 Å². The third kappa shape index (κ3) is 3.03. The number of nitrogens with zero attached hydrogens (tertiary/aromatic N) is 3. The molecule has 10 heteroatoms. The minimum atomic E-state index is -0.966. The van der Waals surface area contributed by atoms with Crippen LogP contribution in [0.4, 0.5) is 11.4 Å². The third-order valence-corrected chi connectivity index (χ3v) is 7.71. The van der Waals surface area contributed by atoms with E-state index in [1.807, 2.05) is 30.3 Å². The fraction of sp³-hybridized carbons (Fsp3) is 0.179. The minimum absolute atomic E-state index is 0.0535. The molecular weight excluding hydrogens is 490 g/mol. The number of ether oxygens (including phenoxy) is 2. The van der Waals surface area contributed by atoms with Gasteiger partial charge in [-0.2, -0.15) is 0 Å². The number of hydrogen-bond acceptors (Lipinski definition) is 8. The lowest BCUT2D eigenvalue weighted by atomic mass is 9.83. The molecule has 0 aromatic heterocycles. The maximum atomic E-state index is 14.0. The molecule has 0 radical (unpaired) electrons.